The fourth-order valence-corrected chi connectivity index (χ4v) is 2.79. The van der Waals surface area contributed by atoms with Crippen LogP contribution in [0.5, 0.6) is 0 Å². The molecule has 0 radical (unpaired) electrons. The van der Waals surface area contributed by atoms with Crippen molar-refractivity contribution in [2.24, 2.45) is 0 Å². The van der Waals surface area contributed by atoms with Gasteiger partial charge in [0, 0.05) is 0 Å². The molecular formula is C16H12O4. The van der Waals surface area contributed by atoms with Crippen LogP contribution < -0.4 is 0 Å². The summed E-state index contributed by atoms with van der Waals surface area (Å²) >= 11 is 0. The van der Waals surface area contributed by atoms with Crippen LogP contribution in [0, 0.1) is 6.92 Å². The molecule has 3 rings (SSSR count). The van der Waals surface area contributed by atoms with Gasteiger partial charge in [-0.3, -0.25) is 0 Å². The zero-order valence-electron chi connectivity index (χ0n) is 10.8. The van der Waals surface area contributed by atoms with Crippen LogP contribution in [0.4, 0.5) is 0 Å². The smallest absolute Gasteiger partial charge is 0.335 e. The molecule has 100 valence electrons. The zero-order chi connectivity index (χ0) is 14.4. The van der Waals surface area contributed by atoms with Crippen molar-refractivity contribution in [1.82, 2.24) is 0 Å². The lowest BCUT2D eigenvalue weighted by molar-refractivity contribution is 0.0685. The Labute approximate surface area is 115 Å². The molecule has 0 bridgehead atoms. The first-order chi connectivity index (χ1) is 9.49. The van der Waals surface area contributed by atoms with Crippen LogP contribution in [0.2, 0.25) is 0 Å². The van der Waals surface area contributed by atoms with E-state index >= 15 is 0 Å². The highest BCUT2D eigenvalue weighted by molar-refractivity contribution is 5.93. The molecule has 20 heavy (non-hydrogen) atoms. The maximum atomic E-state index is 11.2. The third-order valence-corrected chi connectivity index (χ3v) is 3.84. The molecule has 1 aliphatic rings. The third kappa shape index (κ3) is 1.69. The van der Waals surface area contributed by atoms with E-state index in [-0.39, 0.29) is 5.56 Å². The van der Waals surface area contributed by atoms with E-state index in [0.717, 1.165) is 27.8 Å². The Kier molecular flexibility index (Phi) is 2.61. The summed E-state index contributed by atoms with van der Waals surface area (Å²) in [5.74, 6) is -1.89. The summed E-state index contributed by atoms with van der Waals surface area (Å²) in [5.41, 5.74) is 5.21. The van der Waals surface area contributed by atoms with Crippen molar-refractivity contribution in [3.8, 4) is 11.1 Å². The fourth-order valence-electron chi connectivity index (χ4n) is 2.79. The topological polar surface area (TPSA) is 74.6 Å². The standard InChI is InChI=1S/C16H12O4/c1-8-11(16(19)20)4-5-13-12-3-2-9(15(17)18)6-10(12)7-14(8)13/h2-6H,7H2,1H3,(H,17,18)(H,19,20). The Hall–Kier alpha value is -2.62. The van der Waals surface area contributed by atoms with E-state index in [1.54, 1.807) is 37.3 Å². The first kappa shape index (κ1) is 12.4. The van der Waals surface area contributed by atoms with Crippen LogP contribution in [0.25, 0.3) is 11.1 Å². The molecule has 0 saturated carbocycles. The number of hydrogen-bond donors (Lipinski definition) is 2. The predicted octanol–water partition coefficient (Wildman–Crippen LogP) is 2.96. The van der Waals surface area contributed by atoms with Gasteiger partial charge >= 0.3 is 11.9 Å². The highest BCUT2D eigenvalue weighted by Crippen LogP contribution is 2.39. The van der Waals surface area contributed by atoms with Gasteiger partial charge in [-0.05, 0) is 59.4 Å². The van der Waals surface area contributed by atoms with Gasteiger partial charge in [0.05, 0.1) is 11.1 Å². The summed E-state index contributed by atoms with van der Waals surface area (Å²) in [6.07, 6.45) is 0.582. The summed E-state index contributed by atoms with van der Waals surface area (Å²) in [6, 6.07) is 8.45. The summed E-state index contributed by atoms with van der Waals surface area (Å²) in [6.45, 7) is 1.80. The van der Waals surface area contributed by atoms with Gasteiger partial charge in [-0.15, -0.1) is 0 Å². The Bertz CT molecular complexity index is 759. The van der Waals surface area contributed by atoms with Gasteiger partial charge in [-0.1, -0.05) is 12.1 Å². The minimum Gasteiger partial charge on any atom is -0.478 e. The van der Waals surface area contributed by atoms with Crippen molar-refractivity contribution in [3.05, 3.63) is 58.1 Å². The van der Waals surface area contributed by atoms with Crippen LogP contribution in [-0.4, -0.2) is 22.2 Å². The number of rotatable bonds is 2. The number of carbonyl (C=O) groups is 2. The third-order valence-electron chi connectivity index (χ3n) is 3.84. The van der Waals surface area contributed by atoms with Crippen LogP contribution in [0.15, 0.2) is 30.3 Å². The van der Waals surface area contributed by atoms with E-state index in [0.29, 0.717) is 12.0 Å². The lowest BCUT2D eigenvalue weighted by Gasteiger charge is -2.07. The zero-order valence-corrected chi connectivity index (χ0v) is 10.8. The summed E-state index contributed by atoms with van der Waals surface area (Å²) in [5, 5.41) is 18.2. The summed E-state index contributed by atoms with van der Waals surface area (Å²) < 4.78 is 0. The van der Waals surface area contributed by atoms with Crippen LogP contribution in [0.1, 0.15) is 37.4 Å². The maximum absolute atomic E-state index is 11.2. The molecule has 4 heteroatoms. The van der Waals surface area contributed by atoms with E-state index in [1.807, 2.05) is 0 Å². The number of aromatic carboxylic acids is 2. The quantitative estimate of drug-likeness (QED) is 0.749. The van der Waals surface area contributed by atoms with Crippen molar-refractivity contribution < 1.29 is 19.8 Å². The highest BCUT2D eigenvalue weighted by atomic mass is 16.4. The highest BCUT2D eigenvalue weighted by Gasteiger charge is 2.23. The molecule has 0 aromatic heterocycles. The number of benzene rings is 2. The Balaban J connectivity index is 2.17. The predicted molar refractivity (Wildman–Crippen MR) is 73.3 cm³/mol. The maximum Gasteiger partial charge on any atom is 0.335 e. The Morgan fingerprint density at radius 3 is 2.35 bits per heavy atom. The molecule has 0 unspecified atom stereocenters. The molecule has 0 saturated heterocycles. The van der Waals surface area contributed by atoms with Gasteiger partial charge < -0.3 is 10.2 Å². The number of carboxylic acids is 2. The second kappa shape index (κ2) is 4.20. The van der Waals surface area contributed by atoms with Crippen molar-refractivity contribution in [1.29, 1.82) is 0 Å². The number of hydrogen-bond acceptors (Lipinski definition) is 2. The average molecular weight is 268 g/mol. The average Bonchev–Trinajstić information content (AvgIpc) is 2.77. The van der Waals surface area contributed by atoms with Crippen molar-refractivity contribution in [2.45, 2.75) is 13.3 Å². The van der Waals surface area contributed by atoms with E-state index < -0.39 is 11.9 Å². The monoisotopic (exact) mass is 268 g/mol. The van der Waals surface area contributed by atoms with Gasteiger partial charge in [0.15, 0.2) is 0 Å². The van der Waals surface area contributed by atoms with E-state index in [1.165, 1.54) is 0 Å². The van der Waals surface area contributed by atoms with E-state index in [9.17, 15) is 9.59 Å². The number of carboxylic acid groups (broad SMARTS) is 2. The second-order valence-electron chi connectivity index (χ2n) is 4.92. The molecule has 2 N–H and O–H groups in total. The molecular weight excluding hydrogens is 256 g/mol. The van der Waals surface area contributed by atoms with Gasteiger partial charge in [-0.2, -0.15) is 0 Å². The lowest BCUT2D eigenvalue weighted by Crippen LogP contribution is -2.02. The first-order valence-electron chi connectivity index (χ1n) is 6.21. The van der Waals surface area contributed by atoms with Gasteiger partial charge in [0.2, 0.25) is 0 Å². The van der Waals surface area contributed by atoms with E-state index in [2.05, 4.69) is 0 Å². The van der Waals surface area contributed by atoms with Crippen LogP contribution in [0.3, 0.4) is 0 Å². The lowest BCUT2D eigenvalue weighted by atomic mass is 9.97. The molecule has 0 heterocycles. The Morgan fingerprint density at radius 1 is 1.00 bits per heavy atom. The molecule has 0 aliphatic heterocycles. The largest absolute Gasteiger partial charge is 0.478 e. The molecule has 1 aliphatic carbocycles. The van der Waals surface area contributed by atoms with Crippen molar-refractivity contribution in [3.63, 3.8) is 0 Å². The second-order valence-corrected chi connectivity index (χ2v) is 4.92. The fraction of sp³-hybridized carbons (Fsp3) is 0.125. The number of fused-ring (bicyclic) bond motifs is 3. The van der Waals surface area contributed by atoms with E-state index in [4.69, 9.17) is 10.2 Å². The van der Waals surface area contributed by atoms with Gasteiger partial charge in [-0.25, -0.2) is 9.59 Å². The molecule has 2 aromatic rings. The molecule has 0 atom stereocenters. The molecule has 0 spiro atoms. The molecule has 4 nitrogen and oxygen atoms in total. The summed E-state index contributed by atoms with van der Waals surface area (Å²) in [4.78, 5) is 22.2. The van der Waals surface area contributed by atoms with Crippen molar-refractivity contribution in [2.75, 3.05) is 0 Å². The normalized spacial score (nSPS) is 11.8. The molecule has 0 fully saturated rings. The SMILES string of the molecule is Cc1c(C(=O)O)ccc2c1Cc1cc(C(=O)O)ccc1-2. The minimum atomic E-state index is -0.952. The van der Waals surface area contributed by atoms with Crippen molar-refractivity contribution >= 4 is 11.9 Å². The van der Waals surface area contributed by atoms with Crippen LogP contribution in [-0.2, 0) is 6.42 Å². The Morgan fingerprint density at radius 2 is 1.70 bits per heavy atom. The van der Waals surface area contributed by atoms with Crippen LogP contribution >= 0.6 is 0 Å². The molecule has 2 aromatic carbocycles. The first-order valence-corrected chi connectivity index (χ1v) is 6.21. The van der Waals surface area contributed by atoms with Gasteiger partial charge in [0.1, 0.15) is 0 Å². The summed E-state index contributed by atoms with van der Waals surface area (Å²) in [7, 11) is 0. The minimum absolute atomic E-state index is 0.257. The molecule has 0 amide bonds. The van der Waals surface area contributed by atoms with Gasteiger partial charge in [0.25, 0.3) is 0 Å².